The molecule has 0 spiro atoms. The van der Waals surface area contributed by atoms with Gasteiger partial charge in [0.25, 0.3) is 0 Å². The molecule has 1 fully saturated rings. The molecule has 3 heteroatoms. The predicted octanol–water partition coefficient (Wildman–Crippen LogP) is 2.28. The summed E-state index contributed by atoms with van der Waals surface area (Å²) < 4.78 is 0. The van der Waals surface area contributed by atoms with E-state index in [0.717, 1.165) is 19.6 Å². The largest absolute Gasteiger partial charge is 0.330 e. The van der Waals surface area contributed by atoms with Gasteiger partial charge in [-0.05, 0) is 53.6 Å². The summed E-state index contributed by atoms with van der Waals surface area (Å²) in [7, 11) is 0. The fourth-order valence-electron chi connectivity index (χ4n) is 2.16. The number of hydrogen-bond donors (Lipinski definition) is 2. The Labute approximate surface area is 95.9 Å². The number of hydrogen-bond acceptors (Lipinski definition) is 3. The van der Waals surface area contributed by atoms with Gasteiger partial charge >= 0.3 is 0 Å². The van der Waals surface area contributed by atoms with E-state index >= 15 is 0 Å². The highest BCUT2D eigenvalue weighted by atomic mass is 32.1. The van der Waals surface area contributed by atoms with Crippen molar-refractivity contribution in [2.45, 2.75) is 32.7 Å². The Bertz CT molecular complexity index is 310. The van der Waals surface area contributed by atoms with E-state index in [4.69, 9.17) is 5.73 Å². The number of thiophene rings is 1. The first-order valence-electron chi connectivity index (χ1n) is 5.68. The molecule has 0 aromatic carbocycles. The van der Waals surface area contributed by atoms with Gasteiger partial charge in [-0.3, -0.25) is 0 Å². The van der Waals surface area contributed by atoms with E-state index in [2.05, 4.69) is 23.0 Å². The number of nitrogens with two attached hydrogens (primary N) is 1. The zero-order valence-electron chi connectivity index (χ0n) is 9.38. The number of aryl methyl sites for hydroxylation is 1. The normalized spacial score (nSPS) is 18.8. The van der Waals surface area contributed by atoms with Crippen LogP contribution in [-0.4, -0.2) is 13.1 Å². The van der Waals surface area contributed by atoms with Crippen molar-refractivity contribution in [3.8, 4) is 0 Å². The van der Waals surface area contributed by atoms with Crippen molar-refractivity contribution in [1.82, 2.24) is 5.32 Å². The maximum atomic E-state index is 5.82. The molecule has 84 valence electrons. The van der Waals surface area contributed by atoms with Crippen LogP contribution < -0.4 is 11.1 Å². The molecule has 1 aromatic rings. The van der Waals surface area contributed by atoms with Crippen molar-refractivity contribution in [2.75, 3.05) is 13.1 Å². The Morgan fingerprint density at radius 3 is 2.73 bits per heavy atom. The van der Waals surface area contributed by atoms with Crippen molar-refractivity contribution in [1.29, 1.82) is 0 Å². The van der Waals surface area contributed by atoms with Gasteiger partial charge in [0.05, 0.1) is 0 Å². The molecule has 0 unspecified atom stereocenters. The maximum Gasteiger partial charge on any atom is 0.0216 e. The van der Waals surface area contributed by atoms with Crippen LogP contribution in [0.4, 0.5) is 0 Å². The summed E-state index contributed by atoms with van der Waals surface area (Å²) in [5, 5.41) is 7.99. The average molecular weight is 224 g/mol. The van der Waals surface area contributed by atoms with Crippen LogP contribution in [0, 0.1) is 12.3 Å². The van der Waals surface area contributed by atoms with Crippen molar-refractivity contribution >= 4 is 11.3 Å². The number of nitrogens with one attached hydrogen (secondary N) is 1. The Morgan fingerprint density at radius 2 is 2.27 bits per heavy atom. The molecule has 2 rings (SSSR count). The quantitative estimate of drug-likeness (QED) is 0.805. The highest BCUT2D eigenvalue weighted by molar-refractivity contribution is 7.08. The minimum Gasteiger partial charge on any atom is -0.330 e. The van der Waals surface area contributed by atoms with Crippen LogP contribution in [0.5, 0.6) is 0 Å². The van der Waals surface area contributed by atoms with Crippen LogP contribution in [0.1, 0.15) is 30.4 Å². The summed E-state index contributed by atoms with van der Waals surface area (Å²) >= 11 is 1.78. The van der Waals surface area contributed by atoms with Crippen molar-refractivity contribution in [3.63, 3.8) is 0 Å². The lowest BCUT2D eigenvalue weighted by atomic mass is 9.69. The SMILES string of the molecule is Cc1cscc1CNCC1(CN)CCC1. The van der Waals surface area contributed by atoms with Crippen LogP contribution in [-0.2, 0) is 6.54 Å². The fourth-order valence-corrected chi connectivity index (χ4v) is 3.02. The van der Waals surface area contributed by atoms with E-state index in [-0.39, 0.29) is 0 Å². The summed E-state index contributed by atoms with van der Waals surface area (Å²) in [6.07, 6.45) is 3.97. The zero-order valence-corrected chi connectivity index (χ0v) is 10.2. The molecule has 1 aromatic heterocycles. The van der Waals surface area contributed by atoms with E-state index in [1.54, 1.807) is 11.3 Å². The lowest BCUT2D eigenvalue weighted by Crippen LogP contribution is -2.45. The predicted molar refractivity (Wildman–Crippen MR) is 66.1 cm³/mol. The smallest absolute Gasteiger partial charge is 0.0216 e. The Hall–Kier alpha value is -0.380. The summed E-state index contributed by atoms with van der Waals surface area (Å²) in [6, 6.07) is 0. The molecular formula is C12H20N2S. The first-order chi connectivity index (χ1) is 7.26. The minimum absolute atomic E-state index is 0.421. The third-order valence-corrected chi connectivity index (χ3v) is 4.53. The Morgan fingerprint density at radius 1 is 1.47 bits per heavy atom. The van der Waals surface area contributed by atoms with E-state index in [1.807, 2.05) is 0 Å². The van der Waals surface area contributed by atoms with Gasteiger partial charge in [0.1, 0.15) is 0 Å². The molecular weight excluding hydrogens is 204 g/mol. The first kappa shape index (κ1) is 11.1. The second kappa shape index (κ2) is 4.64. The van der Waals surface area contributed by atoms with Crippen molar-refractivity contribution in [3.05, 3.63) is 21.9 Å². The molecule has 3 N–H and O–H groups in total. The Balaban J connectivity index is 1.77. The Kier molecular flexibility index (Phi) is 3.44. The summed E-state index contributed by atoms with van der Waals surface area (Å²) in [4.78, 5) is 0. The standard InChI is InChI=1S/C12H20N2S/c1-10-6-15-7-11(10)5-14-9-12(8-13)3-2-4-12/h6-7,14H,2-5,8-9,13H2,1H3. The molecule has 1 aliphatic carbocycles. The second-order valence-electron chi connectivity index (χ2n) is 4.74. The van der Waals surface area contributed by atoms with Gasteiger partial charge < -0.3 is 11.1 Å². The van der Waals surface area contributed by atoms with Gasteiger partial charge in [0.2, 0.25) is 0 Å². The zero-order chi connectivity index (χ0) is 10.7. The van der Waals surface area contributed by atoms with E-state index in [0.29, 0.717) is 5.41 Å². The van der Waals surface area contributed by atoms with Crippen molar-refractivity contribution in [2.24, 2.45) is 11.1 Å². The molecule has 0 amide bonds. The van der Waals surface area contributed by atoms with Crippen LogP contribution in [0.2, 0.25) is 0 Å². The van der Waals surface area contributed by atoms with Crippen LogP contribution in [0.3, 0.4) is 0 Å². The molecule has 1 heterocycles. The molecule has 2 nitrogen and oxygen atoms in total. The van der Waals surface area contributed by atoms with Crippen molar-refractivity contribution < 1.29 is 0 Å². The highest BCUT2D eigenvalue weighted by Crippen LogP contribution is 2.39. The molecule has 0 saturated heterocycles. The summed E-state index contributed by atoms with van der Waals surface area (Å²) in [5.74, 6) is 0. The molecule has 15 heavy (non-hydrogen) atoms. The van der Waals surface area contributed by atoms with Gasteiger partial charge in [0, 0.05) is 13.1 Å². The first-order valence-corrected chi connectivity index (χ1v) is 6.62. The molecule has 1 saturated carbocycles. The maximum absolute atomic E-state index is 5.82. The second-order valence-corrected chi connectivity index (χ2v) is 5.48. The van der Waals surface area contributed by atoms with Gasteiger partial charge in [0.15, 0.2) is 0 Å². The number of rotatable bonds is 5. The van der Waals surface area contributed by atoms with Gasteiger partial charge in [-0.25, -0.2) is 0 Å². The molecule has 1 aliphatic rings. The average Bonchev–Trinajstić information content (AvgIpc) is 2.57. The van der Waals surface area contributed by atoms with Gasteiger partial charge in [-0.2, -0.15) is 11.3 Å². The van der Waals surface area contributed by atoms with Gasteiger partial charge in [-0.15, -0.1) is 0 Å². The molecule has 0 aliphatic heterocycles. The third-order valence-electron chi connectivity index (χ3n) is 3.62. The summed E-state index contributed by atoms with van der Waals surface area (Å²) in [5.41, 5.74) is 9.08. The third kappa shape index (κ3) is 2.41. The lowest BCUT2D eigenvalue weighted by molar-refractivity contribution is 0.141. The molecule has 0 radical (unpaired) electrons. The molecule has 0 atom stereocenters. The summed E-state index contributed by atoms with van der Waals surface area (Å²) in [6.45, 7) is 5.09. The topological polar surface area (TPSA) is 38.0 Å². The molecule has 0 bridgehead atoms. The highest BCUT2D eigenvalue weighted by Gasteiger charge is 2.34. The van der Waals surface area contributed by atoms with E-state index < -0.39 is 0 Å². The van der Waals surface area contributed by atoms with E-state index in [9.17, 15) is 0 Å². The van der Waals surface area contributed by atoms with Crippen LogP contribution in [0.25, 0.3) is 0 Å². The van der Waals surface area contributed by atoms with Gasteiger partial charge in [-0.1, -0.05) is 6.42 Å². The van der Waals surface area contributed by atoms with Crippen LogP contribution in [0.15, 0.2) is 10.8 Å². The van der Waals surface area contributed by atoms with Crippen LogP contribution >= 0.6 is 11.3 Å². The monoisotopic (exact) mass is 224 g/mol. The minimum atomic E-state index is 0.421. The van der Waals surface area contributed by atoms with E-state index in [1.165, 1.54) is 30.4 Å². The lowest BCUT2D eigenvalue weighted by Gasteiger charge is -2.41. The fraction of sp³-hybridized carbons (Fsp3) is 0.667.